The number of nitrogens with one attached hydrogen (secondary N) is 1. The van der Waals surface area contributed by atoms with Crippen LogP contribution in [0.5, 0.6) is 0 Å². The first-order valence-electron chi connectivity index (χ1n) is 10.7. The van der Waals surface area contributed by atoms with Crippen LogP contribution >= 0.6 is 24.0 Å². The fourth-order valence-corrected chi connectivity index (χ4v) is 5.38. The Labute approximate surface area is 191 Å². The standard InChI is InChI=1S/C25H23N3OS2/c29-24-22(31-25(30)26-24)15-20-16-28(21-9-5-2-6-10-21)27-23(20)19-13-11-18(12-14-19)17-7-3-1-4-8-17/h2,5-6,9-17H,1,3-4,7-8H2,(H,26,29,30). The number of nitrogens with zero attached hydrogens (tertiary/aromatic N) is 2. The van der Waals surface area contributed by atoms with E-state index in [-0.39, 0.29) is 5.91 Å². The van der Waals surface area contributed by atoms with E-state index in [9.17, 15) is 4.79 Å². The highest BCUT2D eigenvalue weighted by atomic mass is 32.2. The summed E-state index contributed by atoms with van der Waals surface area (Å²) >= 11 is 6.44. The number of amides is 1. The molecule has 1 saturated heterocycles. The molecule has 2 aromatic carbocycles. The molecule has 0 unspecified atom stereocenters. The maximum absolute atomic E-state index is 12.2. The Morgan fingerprint density at radius 3 is 2.45 bits per heavy atom. The third kappa shape index (κ3) is 4.36. The molecule has 6 heteroatoms. The van der Waals surface area contributed by atoms with Gasteiger partial charge in [-0.05, 0) is 42.5 Å². The van der Waals surface area contributed by atoms with Crippen LogP contribution in [0, 0.1) is 0 Å². The summed E-state index contributed by atoms with van der Waals surface area (Å²) in [5, 5.41) is 7.57. The third-order valence-corrected chi connectivity index (χ3v) is 7.12. The van der Waals surface area contributed by atoms with Gasteiger partial charge in [-0.3, -0.25) is 4.79 Å². The Bertz CT molecular complexity index is 1140. The molecule has 1 saturated carbocycles. The minimum Gasteiger partial charge on any atom is -0.307 e. The molecule has 1 amide bonds. The second-order valence-electron chi connectivity index (χ2n) is 8.02. The fraction of sp³-hybridized carbons (Fsp3) is 0.240. The number of hydrogen-bond donors (Lipinski definition) is 1. The molecule has 0 radical (unpaired) electrons. The van der Waals surface area contributed by atoms with Crippen molar-refractivity contribution in [1.82, 2.24) is 15.1 Å². The Hall–Kier alpha value is -2.70. The Morgan fingerprint density at radius 2 is 1.77 bits per heavy atom. The van der Waals surface area contributed by atoms with Crippen molar-refractivity contribution in [2.75, 3.05) is 0 Å². The maximum Gasteiger partial charge on any atom is 0.263 e. The van der Waals surface area contributed by atoms with E-state index >= 15 is 0 Å². The second-order valence-corrected chi connectivity index (χ2v) is 9.74. The van der Waals surface area contributed by atoms with Gasteiger partial charge >= 0.3 is 0 Å². The number of benzene rings is 2. The molecule has 31 heavy (non-hydrogen) atoms. The molecule has 3 aromatic rings. The van der Waals surface area contributed by atoms with E-state index in [0.717, 1.165) is 22.5 Å². The second kappa shape index (κ2) is 8.81. The summed E-state index contributed by atoms with van der Waals surface area (Å²) < 4.78 is 2.36. The Morgan fingerprint density at radius 1 is 1.03 bits per heavy atom. The van der Waals surface area contributed by atoms with E-state index in [1.165, 1.54) is 49.4 Å². The smallest absolute Gasteiger partial charge is 0.263 e. The van der Waals surface area contributed by atoms with Gasteiger partial charge in [0.1, 0.15) is 4.32 Å². The number of thioether (sulfide) groups is 1. The lowest BCUT2D eigenvalue weighted by Crippen LogP contribution is -2.17. The topological polar surface area (TPSA) is 46.9 Å². The molecule has 2 fully saturated rings. The highest BCUT2D eigenvalue weighted by Crippen LogP contribution is 2.35. The summed E-state index contributed by atoms with van der Waals surface area (Å²) in [6.45, 7) is 0. The van der Waals surface area contributed by atoms with Gasteiger partial charge in [0, 0.05) is 17.3 Å². The molecule has 0 spiro atoms. The van der Waals surface area contributed by atoms with Crippen LogP contribution in [0.2, 0.25) is 0 Å². The van der Waals surface area contributed by atoms with Gasteiger partial charge in [-0.15, -0.1) is 0 Å². The van der Waals surface area contributed by atoms with Gasteiger partial charge < -0.3 is 5.32 Å². The third-order valence-electron chi connectivity index (χ3n) is 5.95. The predicted octanol–water partition coefficient (Wildman–Crippen LogP) is 6.08. The summed E-state index contributed by atoms with van der Waals surface area (Å²) in [5.74, 6) is 0.520. The maximum atomic E-state index is 12.2. The SMILES string of the molecule is O=C1NC(=S)SC1=Cc1cn(-c2ccccc2)nc1-c1ccc(C2CCCCC2)cc1. The van der Waals surface area contributed by atoms with Gasteiger partial charge in [0.05, 0.1) is 16.3 Å². The average molecular weight is 446 g/mol. The van der Waals surface area contributed by atoms with Crippen LogP contribution in [0.4, 0.5) is 0 Å². The van der Waals surface area contributed by atoms with Crippen LogP contribution < -0.4 is 5.32 Å². The van der Waals surface area contributed by atoms with Gasteiger partial charge in [-0.25, -0.2) is 4.68 Å². The fourth-order valence-electron chi connectivity index (χ4n) is 4.34. The van der Waals surface area contributed by atoms with Crippen LogP contribution in [0.1, 0.15) is 49.1 Å². The number of rotatable bonds is 4. The van der Waals surface area contributed by atoms with E-state index < -0.39 is 0 Å². The van der Waals surface area contributed by atoms with Crippen LogP contribution in [-0.4, -0.2) is 20.0 Å². The van der Waals surface area contributed by atoms with Gasteiger partial charge in [-0.1, -0.05) is 85.7 Å². The lowest BCUT2D eigenvalue weighted by atomic mass is 9.84. The molecule has 1 N–H and O–H groups in total. The van der Waals surface area contributed by atoms with E-state index in [1.807, 2.05) is 47.3 Å². The molecular formula is C25H23N3OS2. The van der Waals surface area contributed by atoms with Crippen molar-refractivity contribution in [2.24, 2.45) is 0 Å². The molecule has 0 bridgehead atoms. The van der Waals surface area contributed by atoms with Crippen molar-refractivity contribution in [3.63, 3.8) is 0 Å². The molecule has 1 aliphatic heterocycles. The van der Waals surface area contributed by atoms with Crippen molar-refractivity contribution in [3.05, 3.63) is 76.8 Å². The average Bonchev–Trinajstić information content (AvgIpc) is 3.37. The Kier molecular flexibility index (Phi) is 5.74. The molecule has 1 aliphatic carbocycles. The summed E-state index contributed by atoms with van der Waals surface area (Å²) in [6.07, 6.45) is 10.4. The van der Waals surface area contributed by atoms with Crippen molar-refractivity contribution < 1.29 is 4.79 Å². The number of carbonyl (C=O) groups is 1. The van der Waals surface area contributed by atoms with E-state index in [1.54, 1.807) is 0 Å². The Balaban J connectivity index is 1.53. The monoisotopic (exact) mass is 445 g/mol. The van der Waals surface area contributed by atoms with Crippen molar-refractivity contribution in [3.8, 4) is 16.9 Å². The molecule has 2 aliphatic rings. The molecule has 0 atom stereocenters. The number of hydrogen-bond acceptors (Lipinski definition) is 4. The predicted molar refractivity (Wildman–Crippen MR) is 131 cm³/mol. The van der Waals surface area contributed by atoms with E-state index in [4.69, 9.17) is 17.3 Å². The number of para-hydroxylation sites is 1. The lowest BCUT2D eigenvalue weighted by molar-refractivity contribution is -0.115. The molecule has 156 valence electrons. The molecule has 5 rings (SSSR count). The van der Waals surface area contributed by atoms with Crippen LogP contribution in [0.15, 0.2) is 65.7 Å². The van der Waals surface area contributed by atoms with Crippen LogP contribution in [0.3, 0.4) is 0 Å². The summed E-state index contributed by atoms with van der Waals surface area (Å²) in [7, 11) is 0. The minimum absolute atomic E-state index is 0.152. The van der Waals surface area contributed by atoms with Crippen molar-refractivity contribution in [1.29, 1.82) is 0 Å². The highest BCUT2D eigenvalue weighted by Gasteiger charge is 2.23. The molecule has 2 heterocycles. The normalized spacial score (nSPS) is 18.5. The van der Waals surface area contributed by atoms with Gasteiger partial charge in [0.2, 0.25) is 0 Å². The van der Waals surface area contributed by atoms with Crippen LogP contribution in [0.25, 0.3) is 23.0 Å². The minimum atomic E-state index is -0.152. The largest absolute Gasteiger partial charge is 0.307 e. The molecule has 4 nitrogen and oxygen atoms in total. The number of carbonyl (C=O) groups excluding carboxylic acids is 1. The van der Waals surface area contributed by atoms with E-state index in [2.05, 4.69) is 29.6 Å². The molecule has 1 aromatic heterocycles. The summed E-state index contributed by atoms with van der Waals surface area (Å²) in [4.78, 5) is 12.8. The van der Waals surface area contributed by atoms with Gasteiger partial charge in [0.15, 0.2) is 0 Å². The zero-order chi connectivity index (χ0) is 21.2. The first kappa shape index (κ1) is 20.2. The molecular weight excluding hydrogens is 422 g/mol. The van der Waals surface area contributed by atoms with Gasteiger partial charge in [0.25, 0.3) is 5.91 Å². The first-order chi connectivity index (χ1) is 15.2. The van der Waals surface area contributed by atoms with E-state index in [0.29, 0.717) is 15.1 Å². The lowest BCUT2D eigenvalue weighted by Gasteiger charge is -2.22. The van der Waals surface area contributed by atoms with Crippen molar-refractivity contribution >= 4 is 40.3 Å². The van der Waals surface area contributed by atoms with Crippen LogP contribution in [-0.2, 0) is 4.79 Å². The zero-order valence-corrected chi connectivity index (χ0v) is 18.7. The quantitative estimate of drug-likeness (QED) is 0.391. The summed E-state index contributed by atoms with van der Waals surface area (Å²) in [6, 6.07) is 18.8. The van der Waals surface area contributed by atoms with Crippen molar-refractivity contribution in [2.45, 2.75) is 38.0 Å². The number of aromatic nitrogens is 2. The first-order valence-corrected chi connectivity index (χ1v) is 11.9. The zero-order valence-electron chi connectivity index (χ0n) is 17.1. The van der Waals surface area contributed by atoms with Gasteiger partial charge in [-0.2, -0.15) is 5.10 Å². The number of thiocarbonyl (C=S) groups is 1. The highest BCUT2D eigenvalue weighted by molar-refractivity contribution is 8.26. The summed E-state index contributed by atoms with van der Waals surface area (Å²) in [5.41, 5.74) is 5.20.